The molecule has 3 rings (SSSR count). The van der Waals surface area contributed by atoms with Gasteiger partial charge >= 0.3 is 0 Å². The summed E-state index contributed by atoms with van der Waals surface area (Å²) in [7, 11) is 0. The molecule has 3 heterocycles. The Balaban J connectivity index is 0.000000169. The molecule has 3 aromatic heterocycles. The average Bonchev–Trinajstić information content (AvgIpc) is 2.88. The zero-order chi connectivity index (χ0) is 12.8. The van der Waals surface area contributed by atoms with Gasteiger partial charge in [0.1, 0.15) is 0 Å². The minimum Gasteiger partial charge on any atom is -0.294 e. The molecule has 0 radical (unpaired) electrons. The molecule has 6 heteroatoms. The van der Waals surface area contributed by atoms with E-state index in [1.165, 1.54) is 11.4 Å². The van der Waals surface area contributed by atoms with Gasteiger partial charge in [-0.05, 0) is 41.6 Å². The van der Waals surface area contributed by atoms with Crippen molar-refractivity contribution in [3.8, 4) is 0 Å². The van der Waals surface area contributed by atoms with E-state index < -0.39 is 0 Å². The van der Waals surface area contributed by atoms with Gasteiger partial charge in [0.05, 0.1) is 0 Å². The number of carbonyl (C=O) groups is 1. The van der Waals surface area contributed by atoms with Gasteiger partial charge in [0.15, 0.2) is 11.4 Å². The Morgan fingerprint density at radius 1 is 1.17 bits per heavy atom. The quantitative estimate of drug-likeness (QED) is 0.602. The summed E-state index contributed by atoms with van der Waals surface area (Å²) in [5.74, 6) is 0.00685. The molecule has 0 aromatic carbocycles. The first-order valence-electron chi connectivity index (χ1n) is 5.31. The van der Waals surface area contributed by atoms with Crippen molar-refractivity contribution in [1.82, 2.24) is 25.0 Å². The van der Waals surface area contributed by atoms with Crippen LogP contribution in [0.5, 0.6) is 0 Å². The summed E-state index contributed by atoms with van der Waals surface area (Å²) in [6.07, 6.45) is 5.11. The van der Waals surface area contributed by atoms with Crippen molar-refractivity contribution in [3.05, 3.63) is 54.5 Å². The predicted molar refractivity (Wildman–Crippen MR) is 65.0 cm³/mol. The van der Waals surface area contributed by atoms with Gasteiger partial charge in [0.2, 0.25) is 0 Å². The lowest BCUT2D eigenvalue weighted by molar-refractivity contribution is 0.101. The first kappa shape index (κ1) is 11.8. The Labute approximate surface area is 103 Å². The number of pyridine rings is 2. The second-order valence-corrected chi connectivity index (χ2v) is 3.48. The van der Waals surface area contributed by atoms with Crippen LogP contribution in [0.1, 0.15) is 17.3 Å². The summed E-state index contributed by atoms with van der Waals surface area (Å²) < 4.78 is 1.47. The lowest BCUT2D eigenvalue weighted by Crippen LogP contribution is -1.96. The van der Waals surface area contributed by atoms with E-state index in [1.807, 2.05) is 18.2 Å². The van der Waals surface area contributed by atoms with E-state index in [1.54, 1.807) is 30.7 Å². The van der Waals surface area contributed by atoms with E-state index in [4.69, 9.17) is 0 Å². The number of carbonyl (C=O) groups excluding carboxylic acids is 1. The minimum absolute atomic E-state index is 0.00685. The Hall–Kier alpha value is -2.63. The molecule has 6 nitrogen and oxygen atoms in total. The van der Waals surface area contributed by atoms with E-state index >= 15 is 0 Å². The third kappa shape index (κ3) is 2.94. The van der Waals surface area contributed by atoms with Crippen molar-refractivity contribution in [2.45, 2.75) is 6.92 Å². The second kappa shape index (κ2) is 5.62. The molecular formula is C12H11N5O. The summed E-state index contributed by atoms with van der Waals surface area (Å²) >= 11 is 0. The highest BCUT2D eigenvalue weighted by atomic mass is 16.1. The van der Waals surface area contributed by atoms with Gasteiger partial charge in [-0.3, -0.25) is 9.78 Å². The van der Waals surface area contributed by atoms with Gasteiger partial charge in [0, 0.05) is 24.2 Å². The molecule has 0 aliphatic rings. The molecule has 0 saturated heterocycles. The topological polar surface area (TPSA) is 73.0 Å². The summed E-state index contributed by atoms with van der Waals surface area (Å²) in [5, 5.41) is 10.8. The SMILES string of the molecule is CC(=O)c1ccc2nnnn2c1.c1ccncc1. The molecule has 90 valence electrons. The molecule has 0 amide bonds. The third-order valence-corrected chi connectivity index (χ3v) is 2.16. The van der Waals surface area contributed by atoms with Gasteiger partial charge in [-0.25, -0.2) is 0 Å². The summed E-state index contributed by atoms with van der Waals surface area (Å²) in [6.45, 7) is 1.51. The van der Waals surface area contributed by atoms with Crippen molar-refractivity contribution in [2.75, 3.05) is 0 Å². The average molecular weight is 241 g/mol. The van der Waals surface area contributed by atoms with Crippen molar-refractivity contribution >= 4 is 11.4 Å². The Bertz CT molecular complexity index is 608. The van der Waals surface area contributed by atoms with Crippen LogP contribution >= 0.6 is 0 Å². The summed E-state index contributed by atoms with van der Waals surface area (Å²) in [5.41, 5.74) is 1.25. The van der Waals surface area contributed by atoms with Gasteiger partial charge in [-0.2, -0.15) is 4.52 Å². The molecule has 0 unspecified atom stereocenters. The number of hydrogen-bond donors (Lipinski definition) is 0. The van der Waals surface area contributed by atoms with E-state index in [9.17, 15) is 4.79 Å². The number of fused-ring (bicyclic) bond motifs is 1. The maximum atomic E-state index is 10.9. The zero-order valence-corrected chi connectivity index (χ0v) is 9.76. The molecule has 0 fully saturated rings. The van der Waals surface area contributed by atoms with E-state index in [0.717, 1.165) is 0 Å². The molecule has 0 saturated carbocycles. The van der Waals surface area contributed by atoms with Gasteiger partial charge in [0.25, 0.3) is 0 Å². The molecule has 0 atom stereocenters. The Morgan fingerprint density at radius 2 is 1.94 bits per heavy atom. The van der Waals surface area contributed by atoms with Gasteiger partial charge in [-0.15, -0.1) is 5.10 Å². The standard InChI is InChI=1S/C7H6N4O.C5H5N/c1-5(12)6-2-3-7-8-9-10-11(7)4-6;1-2-4-6-5-3-1/h2-4H,1H3;1-5H. The third-order valence-electron chi connectivity index (χ3n) is 2.16. The van der Waals surface area contributed by atoms with E-state index in [0.29, 0.717) is 11.2 Å². The van der Waals surface area contributed by atoms with Crippen LogP contribution < -0.4 is 0 Å². The van der Waals surface area contributed by atoms with Crippen LogP contribution in [-0.4, -0.2) is 30.8 Å². The number of rotatable bonds is 1. The monoisotopic (exact) mass is 241 g/mol. The number of tetrazole rings is 1. The molecule has 0 N–H and O–H groups in total. The molecule has 3 aromatic rings. The van der Waals surface area contributed by atoms with Crippen molar-refractivity contribution in [3.63, 3.8) is 0 Å². The fraction of sp³-hybridized carbons (Fsp3) is 0.0833. The van der Waals surface area contributed by atoms with Crippen LogP contribution in [0.15, 0.2) is 48.9 Å². The first-order valence-corrected chi connectivity index (χ1v) is 5.31. The molecule has 0 aliphatic carbocycles. The number of aromatic nitrogens is 5. The van der Waals surface area contributed by atoms with Crippen LogP contribution in [-0.2, 0) is 0 Å². The molecule has 0 bridgehead atoms. The fourth-order valence-electron chi connectivity index (χ4n) is 1.26. The predicted octanol–water partition coefficient (Wildman–Crippen LogP) is 1.41. The summed E-state index contributed by atoms with van der Waals surface area (Å²) in [6, 6.07) is 9.12. The largest absolute Gasteiger partial charge is 0.294 e. The number of Topliss-reactive ketones (excluding diaryl/α,β-unsaturated/α-hetero) is 1. The first-order chi connectivity index (χ1) is 8.77. The minimum atomic E-state index is 0.00685. The van der Waals surface area contributed by atoms with Gasteiger partial charge < -0.3 is 0 Å². The molecular weight excluding hydrogens is 230 g/mol. The Morgan fingerprint density at radius 3 is 2.50 bits per heavy atom. The molecule has 0 aliphatic heterocycles. The van der Waals surface area contributed by atoms with Crippen molar-refractivity contribution in [2.24, 2.45) is 0 Å². The normalized spacial score (nSPS) is 9.61. The lowest BCUT2D eigenvalue weighted by atomic mass is 10.2. The second-order valence-electron chi connectivity index (χ2n) is 3.48. The van der Waals surface area contributed by atoms with Crippen LogP contribution in [0.3, 0.4) is 0 Å². The lowest BCUT2D eigenvalue weighted by Gasteiger charge is -1.93. The number of nitrogens with zero attached hydrogens (tertiary/aromatic N) is 5. The van der Waals surface area contributed by atoms with Crippen LogP contribution in [0.2, 0.25) is 0 Å². The van der Waals surface area contributed by atoms with Crippen molar-refractivity contribution in [1.29, 1.82) is 0 Å². The smallest absolute Gasteiger partial charge is 0.179 e. The molecule has 18 heavy (non-hydrogen) atoms. The van der Waals surface area contributed by atoms with Crippen molar-refractivity contribution < 1.29 is 4.79 Å². The number of ketones is 1. The van der Waals surface area contributed by atoms with E-state index in [-0.39, 0.29) is 5.78 Å². The Kier molecular flexibility index (Phi) is 3.70. The maximum Gasteiger partial charge on any atom is 0.179 e. The van der Waals surface area contributed by atoms with Crippen LogP contribution in [0.4, 0.5) is 0 Å². The van der Waals surface area contributed by atoms with Crippen LogP contribution in [0.25, 0.3) is 5.65 Å². The van der Waals surface area contributed by atoms with Gasteiger partial charge in [-0.1, -0.05) is 6.07 Å². The highest BCUT2D eigenvalue weighted by Crippen LogP contribution is 2.02. The van der Waals surface area contributed by atoms with Crippen LogP contribution in [0, 0.1) is 0 Å². The highest BCUT2D eigenvalue weighted by Gasteiger charge is 2.01. The zero-order valence-electron chi connectivity index (χ0n) is 9.76. The van der Waals surface area contributed by atoms with E-state index in [2.05, 4.69) is 20.5 Å². The maximum absolute atomic E-state index is 10.9. The molecule has 0 spiro atoms. The summed E-state index contributed by atoms with van der Waals surface area (Å²) in [4.78, 5) is 14.7. The fourth-order valence-corrected chi connectivity index (χ4v) is 1.26. The number of hydrogen-bond acceptors (Lipinski definition) is 5. The highest BCUT2D eigenvalue weighted by molar-refractivity contribution is 5.93.